The molecule has 0 bridgehead atoms. The van der Waals surface area contributed by atoms with Crippen LogP contribution in [0, 0.1) is 0 Å². The molecule has 0 spiro atoms. The van der Waals surface area contributed by atoms with Gasteiger partial charge in [-0.3, -0.25) is 15.3 Å². The average molecular weight is 217 g/mol. The van der Waals surface area contributed by atoms with E-state index in [0.29, 0.717) is 0 Å². The molecule has 0 saturated carbocycles. The number of hydrogen-bond donors (Lipinski definition) is 1. The molecule has 0 aromatic carbocycles. The monoisotopic (exact) mass is 217 g/mol. The van der Waals surface area contributed by atoms with Crippen molar-refractivity contribution in [1.29, 1.82) is 0 Å². The Hall–Kier alpha value is -1.68. The molecule has 4 heteroatoms. The Morgan fingerprint density at radius 1 is 1.25 bits per heavy atom. The van der Waals surface area contributed by atoms with Crippen LogP contribution in [0.1, 0.15) is 37.4 Å². The summed E-state index contributed by atoms with van der Waals surface area (Å²) in [5.74, 6) is 0.927. The zero-order chi connectivity index (χ0) is 11.4. The predicted molar refractivity (Wildman–Crippen MR) is 60.7 cm³/mol. The number of nitrogens with one attached hydrogen (secondary N) is 1. The maximum atomic E-state index is 5.33. The van der Waals surface area contributed by atoms with Crippen molar-refractivity contribution in [3.05, 3.63) is 48.4 Å². The van der Waals surface area contributed by atoms with Gasteiger partial charge in [-0.05, 0) is 26.0 Å². The third-order valence-electron chi connectivity index (χ3n) is 2.50. The van der Waals surface area contributed by atoms with Crippen LogP contribution in [0.4, 0.5) is 0 Å². The Morgan fingerprint density at radius 3 is 2.75 bits per heavy atom. The molecule has 1 unspecified atom stereocenters. The van der Waals surface area contributed by atoms with Gasteiger partial charge in [0, 0.05) is 24.6 Å². The smallest absolute Gasteiger partial charge is 0.120 e. The molecule has 2 aromatic rings. The molecule has 0 aliphatic heterocycles. The molecule has 0 amide bonds. The van der Waals surface area contributed by atoms with E-state index in [4.69, 9.17) is 4.42 Å². The standard InChI is InChI=1S/C12H15N3O/c1-9(11-8-13-5-6-14-11)15-10(2)12-4-3-7-16-12/h3-10,15H,1-2H3/t9?,10-/m1/s1. The minimum atomic E-state index is 0.147. The van der Waals surface area contributed by atoms with Crippen molar-refractivity contribution in [2.45, 2.75) is 25.9 Å². The first-order valence-electron chi connectivity index (χ1n) is 5.32. The van der Waals surface area contributed by atoms with Crippen LogP contribution in [0.25, 0.3) is 0 Å². The summed E-state index contributed by atoms with van der Waals surface area (Å²) >= 11 is 0. The Morgan fingerprint density at radius 2 is 2.12 bits per heavy atom. The second kappa shape index (κ2) is 4.90. The molecule has 2 heterocycles. The van der Waals surface area contributed by atoms with E-state index < -0.39 is 0 Å². The van der Waals surface area contributed by atoms with Gasteiger partial charge in [0.25, 0.3) is 0 Å². The molecular weight excluding hydrogens is 202 g/mol. The van der Waals surface area contributed by atoms with Crippen molar-refractivity contribution in [3.8, 4) is 0 Å². The highest BCUT2D eigenvalue weighted by atomic mass is 16.3. The summed E-state index contributed by atoms with van der Waals surface area (Å²) in [7, 11) is 0. The number of hydrogen-bond acceptors (Lipinski definition) is 4. The zero-order valence-corrected chi connectivity index (χ0v) is 9.42. The maximum Gasteiger partial charge on any atom is 0.120 e. The number of aromatic nitrogens is 2. The van der Waals surface area contributed by atoms with Gasteiger partial charge in [-0.25, -0.2) is 0 Å². The summed E-state index contributed by atoms with van der Waals surface area (Å²) in [4.78, 5) is 8.31. The lowest BCUT2D eigenvalue weighted by atomic mass is 10.2. The largest absolute Gasteiger partial charge is 0.468 e. The fourth-order valence-electron chi connectivity index (χ4n) is 1.61. The van der Waals surface area contributed by atoms with Crippen LogP contribution in [-0.4, -0.2) is 9.97 Å². The Bertz CT molecular complexity index is 413. The molecule has 16 heavy (non-hydrogen) atoms. The SMILES string of the molecule is CC(N[C@H](C)c1ccco1)c1cnccn1. The third-order valence-corrected chi connectivity index (χ3v) is 2.50. The molecule has 2 rings (SSSR count). The molecule has 0 fully saturated rings. The van der Waals surface area contributed by atoms with Crippen LogP contribution in [0.5, 0.6) is 0 Å². The molecule has 1 N–H and O–H groups in total. The molecule has 84 valence electrons. The molecule has 0 saturated heterocycles. The van der Waals surface area contributed by atoms with Gasteiger partial charge in [0.2, 0.25) is 0 Å². The molecular formula is C12H15N3O. The van der Waals surface area contributed by atoms with Crippen molar-refractivity contribution in [3.63, 3.8) is 0 Å². The van der Waals surface area contributed by atoms with E-state index in [1.54, 1.807) is 24.9 Å². The summed E-state index contributed by atoms with van der Waals surface area (Å²) in [6.45, 7) is 4.12. The van der Waals surface area contributed by atoms with Crippen molar-refractivity contribution < 1.29 is 4.42 Å². The summed E-state index contributed by atoms with van der Waals surface area (Å²) in [6.07, 6.45) is 6.82. The summed E-state index contributed by atoms with van der Waals surface area (Å²) in [5, 5.41) is 3.40. The summed E-state index contributed by atoms with van der Waals surface area (Å²) in [5.41, 5.74) is 0.931. The van der Waals surface area contributed by atoms with E-state index in [1.165, 1.54) is 0 Å². The van der Waals surface area contributed by atoms with E-state index in [9.17, 15) is 0 Å². The molecule has 0 aliphatic carbocycles. The Kier molecular flexibility index (Phi) is 3.31. The van der Waals surface area contributed by atoms with E-state index in [-0.39, 0.29) is 12.1 Å². The fraction of sp³-hybridized carbons (Fsp3) is 0.333. The third kappa shape index (κ3) is 2.46. The number of furan rings is 1. The van der Waals surface area contributed by atoms with Crippen LogP contribution >= 0.6 is 0 Å². The number of nitrogens with zero attached hydrogens (tertiary/aromatic N) is 2. The van der Waals surface area contributed by atoms with Crippen molar-refractivity contribution in [1.82, 2.24) is 15.3 Å². The fourth-order valence-corrected chi connectivity index (χ4v) is 1.61. The van der Waals surface area contributed by atoms with Gasteiger partial charge in [-0.2, -0.15) is 0 Å². The van der Waals surface area contributed by atoms with Crippen LogP contribution in [-0.2, 0) is 0 Å². The maximum absolute atomic E-state index is 5.33. The van der Waals surface area contributed by atoms with Gasteiger partial charge in [0.15, 0.2) is 0 Å². The first-order chi connectivity index (χ1) is 7.77. The second-order valence-electron chi connectivity index (χ2n) is 3.76. The van der Waals surface area contributed by atoms with Gasteiger partial charge in [0.1, 0.15) is 5.76 Å². The first kappa shape index (κ1) is 10.8. The highest BCUT2D eigenvalue weighted by Crippen LogP contribution is 2.17. The summed E-state index contributed by atoms with van der Waals surface area (Å²) < 4.78 is 5.33. The van der Waals surface area contributed by atoms with E-state index in [2.05, 4.69) is 29.1 Å². The van der Waals surface area contributed by atoms with Gasteiger partial charge in [-0.15, -0.1) is 0 Å². The molecule has 2 atom stereocenters. The molecule has 0 aliphatic rings. The quantitative estimate of drug-likeness (QED) is 0.854. The van der Waals surface area contributed by atoms with Crippen LogP contribution in [0.15, 0.2) is 41.4 Å². The topological polar surface area (TPSA) is 51.0 Å². The van der Waals surface area contributed by atoms with E-state index in [1.807, 2.05) is 12.1 Å². The lowest BCUT2D eigenvalue weighted by molar-refractivity contribution is 0.399. The van der Waals surface area contributed by atoms with Gasteiger partial charge in [0.05, 0.1) is 18.0 Å². The van der Waals surface area contributed by atoms with Crippen molar-refractivity contribution in [2.75, 3.05) is 0 Å². The lowest BCUT2D eigenvalue weighted by Crippen LogP contribution is -2.22. The Labute approximate surface area is 94.7 Å². The second-order valence-corrected chi connectivity index (χ2v) is 3.76. The van der Waals surface area contributed by atoms with Crippen molar-refractivity contribution >= 4 is 0 Å². The molecule has 2 aromatic heterocycles. The molecule has 0 radical (unpaired) electrons. The van der Waals surface area contributed by atoms with Gasteiger partial charge < -0.3 is 4.42 Å². The summed E-state index contributed by atoms with van der Waals surface area (Å²) in [6, 6.07) is 4.16. The van der Waals surface area contributed by atoms with E-state index in [0.717, 1.165) is 11.5 Å². The highest BCUT2D eigenvalue weighted by molar-refractivity contribution is 5.06. The first-order valence-corrected chi connectivity index (χ1v) is 5.32. The lowest BCUT2D eigenvalue weighted by Gasteiger charge is -2.17. The van der Waals surface area contributed by atoms with Crippen molar-refractivity contribution in [2.24, 2.45) is 0 Å². The average Bonchev–Trinajstić information content (AvgIpc) is 2.83. The van der Waals surface area contributed by atoms with E-state index >= 15 is 0 Å². The minimum absolute atomic E-state index is 0.147. The Balaban J connectivity index is 2.00. The highest BCUT2D eigenvalue weighted by Gasteiger charge is 2.13. The minimum Gasteiger partial charge on any atom is -0.468 e. The van der Waals surface area contributed by atoms with Crippen LogP contribution < -0.4 is 5.32 Å². The normalized spacial score (nSPS) is 14.6. The van der Waals surface area contributed by atoms with Crippen LogP contribution in [0.3, 0.4) is 0 Å². The molecule has 4 nitrogen and oxygen atoms in total. The number of rotatable bonds is 4. The van der Waals surface area contributed by atoms with Gasteiger partial charge >= 0.3 is 0 Å². The van der Waals surface area contributed by atoms with Crippen LogP contribution in [0.2, 0.25) is 0 Å². The zero-order valence-electron chi connectivity index (χ0n) is 9.42. The van der Waals surface area contributed by atoms with Gasteiger partial charge in [-0.1, -0.05) is 0 Å². The predicted octanol–water partition coefficient (Wildman–Crippen LogP) is 2.48.